The SMILES string of the molecule is CCCn1ncc(C(=O)NCCSSCCC(=O)O)c1C. The van der Waals surface area contributed by atoms with E-state index in [4.69, 9.17) is 5.11 Å². The molecular weight excluding hydrogens is 310 g/mol. The molecule has 0 bridgehead atoms. The van der Waals surface area contributed by atoms with Gasteiger partial charge in [0, 0.05) is 30.3 Å². The van der Waals surface area contributed by atoms with Crippen molar-refractivity contribution in [3.8, 4) is 0 Å². The lowest BCUT2D eigenvalue weighted by Crippen LogP contribution is -2.26. The molecule has 118 valence electrons. The van der Waals surface area contributed by atoms with E-state index >= 15 is 0 Å². The zero-order valence-corrected chi connectivity index (χ0v) is 13.9. The molecule has 21 heavy (non-hydrogen) atoms. The van der Waals surface area contributed by atoms with Gasteiger partial charge in [0.2, 0.25) is 0 Å². The molecule has 0 unspecified atom stereocenters. The minimum atomic E-state index is -0.782. The first-order valence-electron chi connectivity index (χ1n) is 6.83. The molecule has 0 fully saturated rings. The van der Waals surface area contributed by atoms with Crippen LogP contribution in [0.25, 0.3) is 0 Å². The number of hydrogen-bond acceptors (Lipinski definition) is 5. The Hall–Kier alpha value is -1.15. The largest absolute Gasteiger partial charge is 0.481 e. The first-order chi connectivity index (χ1) is 10.1. The van der Waals surface area contributed by atoms with Crippen molar-refractivity contribution >= 4 is 33.5 Å². The molecule has 2 N–H and O–H groups in total. The molecule has 1 heterocycles. The minimum Gasteiger partial charge on any atom is -0.481 e. The Labute approximate surface area is 132 Å². The first-order valence-corrected chi connectivity index (χ1v) is 9.31. The summed E-state index contributed by atoms with van der Waals surface area (Å²) in [5, 5.41) is 15.5. The number of aromatic nitrogens is 2. The maximum atomic E-state index is 12.0. The van der Waals surface area contributed by atoms with Crippen LogP contribution in [0.2, 0.25) is 0 Å². The van der Waals surface area contributed by atoms with Gasteiger partial charge in [0.05, 0.1) is 18.2 Å². The number of carboxylic acid groups (broad SMARTS) is 1. The average Bonchev–Trinajstić information content (AvgIpc) is 2.79. The average molecular weight is 331 g/mol. The van der Waals surface area contributed by atoms with Crippen molar-refractivity contribution in [1.82, 2.24) is 15.1 Å². The van der Waals surface area contributed by atoms with E-state index in [1.165, 1.54) is 10.8 Å². The lowest BCUT2D eigenvalue weighted by atomic mass is 10.2. The van der Waals surface area contributed by atoms with Gasteiger partial charge in [-0.15, -0.1) is 0 Å². The van der Waals surface area contributed by atoms with Gasteiger partial charge in [-0.05, 0) is 13.3 Å². The summed E-state index contributed by atoms with van der Waals surface area (Å²) in [6.07, 6.45) is 2.75. The monoisotopic (exact) mass is 331 g/mol. The maximum Gasteiger partial charge on any atom is 0.304 e. The van der Waals surface area contributed by atoms with Gasteiger partial charge in [0.25, 0.3) is 5.91 Å². The van der Waals surface area contributed by atoms with Crippen LogP contribution in [0.3, 0.4) is 0 Å². The fourth-order valence-corrected chi connectivity index (χ4v) is 3.54. The maximum absolute atomic E-state index is 12.0. The summed E-state index contributed by atoms with van der Waals surface area (Å²) in [7, 11) is 3.08. The summed E-state index contributed by atoms with van der Waals surface area (Å²) in [4.78, 5) is 22.3. The number of carboxylic acids is 1. The molecule has 1 amide bonds. The van der Waals surface area contributed by atoms with Gasteiger partial charge in [-0.25, -0.2) is 0 Å². The van der Waals surface area contributed by atoms with E-state index in [0.29, 0.717) is 17.9 Å². The van der Waals surface area contributed by atoms with Gasteiger partial charge >= 0.3 is 5.97 Å². The molecule has 0 aliphatic carbocycles. The molecule has 8 heteroatoms. The summed E-state index contributed by atoms with van der Waals surface area (Å²) in [5.41, 5.74) is 1.50. The van der Waals surface area contributed by atoms with E-state index in [1.54, 1.807) is 17.0 Å². The van der Waals surface area contributed by atoms with Crippen molar-refractivity contribution < 1.29 is 14.7 Å². The Kier molecular flexibility index (Phi) is 8.29. The summed E-state index contributed by atoms with van der Waals surface area (Å²) >= 11 is 0. The molecule has 0 aromatic carbocycles. The topological polar surface area (TPSA) is 84.2 Å². The van der Waals surface area contributed by atoms with E-state index in [0.717, 1.165) is 24.4 Å². The van der Waals surface area contributed by atoms with Crippen LogP contribution >= 0.6 is 21.6 Å². The zero-order chi connectivity index (χ0) is 15.7. The van der Waals surface area contributed by atoms with E-state index in [2.05, 4.69) is 17.3 Å². The predicted octanol–water partition coefficient (Wildman–Crippen LogP) is 2.19. The minimum absolute atomic E-state index is 0.106. The fraction of sp³-hybridized carbons (Fsp3) is 0.615. The van der Waals surface area contributed by atoms with Crippen molar-refractivity contribution in [2.75, 3.05) is 18.1 Å². The molecule has 6 nitrogen and oxygen atoms in total. The van der Waals surface area contributed by atoms with Crippen molar-refractivity contribution in [3.63, 3.8) is 0 Å². The molecule has 0 atom stereocenters. The van der Waals surface area contributed by atoms with Crippen LogP contribution < -0.4 is 5.32 Å². The van der Waals surface area contributed by atoms with E-state index in [-0.39, 0.29) is 12.3 Å². The number of carbonyl (C=O) groups is 2. The Morgan fingerprint density at radius 3 is 2.76 bits per heavy atom. The quantitative estimate of drug-likeness (QED) is 0.505. The fourth-order valence-electron chi connectivity index (χ4n) is 1.65. The van der Waals surface area contributed by atoms with Crippen LogP contribution in [0.1, 0.15) is 35.8 Å². The van der Waals surface area contributed by atoms with Gasteiger partial charge in [0.1, 0.15) is 0 Å². The van der Waals surface area contributed by atoms with E-state index in [1.807, 2.05) is 11.6 Å². The summed E-state index contributed by atoms with van der Waals surface area (Å²) in [6.45, 7) is 5.34. The summed E-state index contributed by atoms with van der Waals surface area (Å²) in [6, 6.07) is 0. The zero-order valence-electron chi connectivity index (χ0n) is 12.3. The number of aliphatic carboxylic acids is 1. The molecule has 0 aliphatic rings. The Balaban J connectivity index is 2.23. The van der Waals surface area contributed by atoms with E-state index in [9.17, 15) is 9.59 Å². The van der Waals surface area contributed by atoms with Gasteiger partial charge < -0.3 is 10.4 Å². The molecule has 0 spiro atoms. The van der Waals surface area contributed by atoms with Crippen LogP contribution in [0.4, 0.5) is 0 Å². The highest BCUT2D eigenvalue weighted by molar-refractivity contribution is 8.76. The molecule has 1 aromatic rings. The van der Waals surface area contributed by atoms with Crippen LogP contribution in [0, 0.1) is 6.92 Å². The summed E-state index contributed by atoms with van der Waals surface area (Å²) in [5.74, 6) is 0.441. The number of nitrogens with one attached hydrogen (secondary N) is 1. The normalized spacial score (nSPS) is 10.6. The highest BCUT2D eigenvalue weighted by Crippen LogP contribution is 2.21. The Morgan fingerprint density at radius 1 is 1.38 bits per heavy atom. The van der Waals surface area contributed by atoms with Gasteiger partial charge in [-0.3, -0.25) is 14.3 Å². The number of nitrogens with zero attached hydrogens (tertiary/aromatic N) is 2. The van der Waals surface area contributed by atoms with Gasteiger partial charge in [-0.1, -0.05) is 28.5 Å². The molecular formula is C13H21N3O3S2. The lowest BCUT2D eigenvalue weighted by molar-refractivity contribution is -0.136. The van der Waals surface area contributed by atoms with Gasteiger partial charge in [-0.2, -0.15) is 5.10 Å². The first kappa shape index (κ1) is 17.9. The second kappa shape index (κ2) is 9.73. The summed E-state index contributed by atoms with van der Waals surface area (Å²) < 4.78 is 1.84. The number of carbonyl (C=O) groups excluding carboxylic acids is 1. The molecule has 0 aliphatic heterocycles. The second-order valence-corrected chi connectivity index (χ2v) is 7.11. The number of rotatable bonds is 10. The second-order valence-electron chi connectivity index (χ2n) is 4.41. The van der Waals surface area contributed by atoms with Crippen LogP contribution in [-0.4, -0.2) is 44.8 Å². The number of amides is 1. The van der Waals surface area contributed by atoms with Crippen molar-refractivity contribution in [1.29, 1.82) is 0 Å². The predicted molar refractivity (Wildman–Crippen MR) is 86.8 cm³/mol. The molecule has 0 radical (unpaired) electrons. The molecule has 0 saturated heterocycles. The third kappa shape index (κ3) is 6.43. The number of aryl methyl sites for hydroxylation is 1. The standard InChI is InChI=1S/C13H21N3O3S2/c1-3-6-16-10(2)11(9-15-16)13(19)14-5-8-21-20-7-4-12(17)18/h9H,3-8H2,1-2H3,(H,14,19)(H,17,18). The molecule has 1 rings (SSSR count). The number of hydrogen-bond donors (Lipinski definition) is 2. The Morgan fingerprint density at radius 2 is 2.10 bits per heavy atom. The Bertz CT molecular complexity index is 477. The van der Waals surface area contributed by atoms with Crippen LogP contribution in [-0.2, 0) is 11.3 Å². The van der Waals surface area contributed by atoms with Crippen LogP contribution in [0.5, 0.6) is 0 Å². The van der Waals surface area contributed by atoms with E-state index < -0.39 is 5.97 Å². The third-order valence-electron chi connectivity index (χ3n) is 2.74. The lowest BCUT2D eigenvalue weighted by Gasteiger charge is -2.05. The van der Waals surface area contributed by atoms with Crippen molar-refractivity contribution in [2.24, 2.45) is 0 Å². The highest BCUT2D eigenvalue weighted by Gasteiger charge is 2.13. The highest BCUT2D eigenvalue weighted by atomic mass is 33.1. The van der Waals surface area contributed by atoms with Gasteiger partial charge in [0.15, 0.2) is 0 Å². The molecule has 1 aromatic heterocycles. The van der Waals surface area contributed by atoms with Crippen LogP contribution in [0.15, 0.2) is 6.20 Å². The van der Waals surface area contributed by atoms with Crippen molar-refractivity contribution in [3.05, 3.63) is 17.5 Å². The molecule has 0 saturated carbocycles. The smallest absolute Gasteiger partial charge is 0.304 e. The van der Waals surface area contributed by atoms with Crippen molar-refractivity contribution in [2.45, 2.75) is 33.2 Å². The third-order valence-corrected chi connectivity index (χ3v) is 5.15.